The molecule has 0 saturated carbocycles. The number of methoxy groups -OCH3 is 1. The molecule has 0 aromatic heterocycles. The third-order valence-corrected chi connectivity index (χ3v) is 3.80. The molecule has 1 heterocycles. The van der Waals surface area contributed by atoms with Crippen LogP contribution in [0.4, 0.5) is 4.79 Å². The third kappa shape index (κ3) is 4.10. The van der Waals surface area contributed by atoms with E-state index in [-0.39, 0.29) is 18.0 Å². The van der Waals surface area contributed by atoms with E-state index in [1.807, 2.05) is 13.8 Å². The first kappa shape index (κ1) is 16.8. The molecule has 2 amide bonds. The maximum absolute atomic E-state index is 12.6. The predicted molar refractivity (Wildman–Crippen MR) is 76.9 cm³/mol. The summed E-state index contributed by atoms with van der Waals surface area (Å²) in [6.45, 7) is 6.60. The first-order valence-electron chi connectivity index (χ1n) is 7.31. The predicted octanol–water partition coefficient (Wildman–Crippen LogP) is 1.30. The van der Waals surface area contributed by atoms with Crippen LogP contribution >= 0.6 is 0 Å². The zero-order valence-corrected chi connectivity index (χ0v) is 12.9. The second kappa shape index (κ2) is 7.47. The quantitative estimate of drug-likeness (QED) is 0.797. The Morgan fingerprint density at radius 1 is 1.45 bits per heavy atom. The maximum atomic E-state index is 12.6. The number of carbonyl (C=O) groups is 2. The molecule has 1 rings (SSSR count). The summed E-state index contributed by atoms with van der Waals surface area (Å²) in [4.78, 5) is 25.6. The molecule has 20 heavy (non-hydrogen) atoms. The molecule has 6 nitrogen and oxygen atoms in total. The van der Waals surface area contributed by atoms with Gasteiger partial charge in [0, 0.05) is 6.54 Å². The van der Waals surface area contributed by atoms with Crippen molar-refractivity contribution in [3.8, 4) is 0 Å². The van der Waals surface area contributed by atoms with Gasteiger partial charge in [-0.15, -0.1) is 0 Å². The molecule has 0 spiro atoms. The number of hydrogen-bond donors (Lipinski definition) is 2. The summed E-state index contributed by atoms with van der Waals surface area (Å²) in [5.41, 5.74) is 6.06. The van der Waals surface area contributed by atoms with Gasteiger partial charge in [0.25, 0.3) is 0 Å². The number of hydrogen-bond acceptors (Lipinski definition) is 4. The first-order valence-corrected chi connectivity index (χ1v) is 7.31. The van der Waals surface area contributed by atoms with E-state index in [1.165, 1.54) is 7.11 Å². The van der Waals surface area contributed by atoms with Crippen LogP contribution in [-0.2, 0) is 9.53 Å². The summed E-state index contributed by atoms with van der Waals surface area (Å²) in [5, 5.41) is 2.60. The SMILES string of the molecule is CCC[C@H]1C[C@@H](N)N(C(=O)C(NC(=O)OC)C(C)C)C1. The van der Waals surface area contributed by atoms with Crippen molar-refractivity contribution in [1.82, 2.24) is 10.2 Å². The summed E-state index contributed by atoms with van der Waals surface area (Å²) in [6.07, 6.45) is 2.17. The number of likely N-dealkylation sites (tertiary alicyclic amines) is 1. The molecule has 1 saturated heterocycles. The van der Waals surface area contributed by atoms with Crippen LogP contribution < -0.4 is 11.1 Å². The Morgan fingerprint density at radius 3 is 2.60 bits per heavy atom. The lowest BCUT2D eigenvalue weighted by atomic mass is 10.0. The molecule has 3 atom stereocenters. The zero-order chi connectivity index (χ0) is 15.3. The van der Waals surface area contributed by atoms with Crippen LogP contribution in [0.15, 0.2) is 0 Å². The minimum Gasteiger partial charge on any atom is -0.453 e. The van der Waals surface area contributed by atoms with Crippen molar-refractivity contribution < 1.29 is 14.3 Å². The molecule has 1 fully saturated rings. The number of nitrogens with zero attached hydrogens (tertiary/aromatic N) is 1. The van der Waals surface area contributed by atoms with Gasteiger partial charge in [-0.1, -0.05) is 27.2 Å². The Kier molecular flexibility index (Phi) is 6.26. The van der Waals surface area contributed by atoms with E-state index in [4.69, 9.17) is 5.73 Å². The Hall–Kier alpha value is -1.30. The molecule has 1 unspecified atom stereocenters. The lowest BCUT2D eigenvalue weighted by Crippen LogP contribution is -2.54. The van der Waals surface area contributed by atoms with Crippen LogP contribution in [-0.4, -0.2) is 42.8 Å². The van der Waals surface area contributed by atoms with Crippen LogP contribution in [0.1, 0.15) is 40.0 Å². The number of ether oxygens (including phenoxy) is 1. The number of rotatable bonds is 5. The standard InChI is InChI=1S/C14H27N3O3/c1-5-6-10-7-11(15)17(8-10)13(18)12(9(2)3)16-14(19)20-4/h9-12H,5-8,15H2,1-4H3,(H,16,19)/t10-,11-,12?/m0/s1. The molecule has 0 aliphatic carbocycles. The number of alkyl carbamates (subject to hydrolysis) is 1. The van der Waals surface area contributed by atoms with E-state index in [2.05, 4.69) is 17.0 Å². The Labute approximate surface area is 121 Å². The van der Waals surface area contributed by atoms with E-state index in [0.717, 1.165) is 19.3 Å². The monoisotopic (exact) mass is 285 g/mol. The molecule has 0 aromatic carbocycles. The normalized spacial score (nSPS) is 23.8. The molecule has 116 valence electrons. The lowest BCUT2D eigenvalue weighted by molar-refractivity contribution is -0.135. The summed E-state index contributed by atoms with van der Waals surface area (Å²) in [7, 11) is 1.29. The topological polar surface area (TPSA) is 84.7 Å². The van der Waals surface area contributed by atoms with E-state index in [0.29, 0.717) is 12.5 Å². The van der Waals surface area contributed by atoms with E-state index < -0.39 is 12.1 Å². The molecule has 0 radical (unpaired) electrons. The van der Waals surface area contributed by atoms with Crippen molar-refractivity contribution in [3.05, 3.63) is 0 Å². The van der Waals surface area contributed by atoms with Crippen LogP contribution in [0.2, 0.25) is 0 Å². The minimum absolute atomic E-state index is 0.0148. The highest BCUT2D eigenvalue weighted by Gasteiger charge is 2.37. The Bertz CT molecular complexity index is 347. The van der Waals surface area contributed by atoms with Gasteiger partial charge in [0.05, 0.1) is 13.3 Å². The third-order valence-electron chi connectivity index (χ3n) is 3.80. The molecule has 1 aliphatic heterocycles. The number of nitrogens with one attached hydrogen (secondary N) is 1. The van der Waals surface area contributed by atoms with Crippen molar-refractivity contribution in [3.63, 3.8) is 0 Å². The fourth-order valence-electron chi connectivity index (χ4n) is 2.71. The number of amides is 2. The van der Waals surface area contributed by atoms with Crippen LogP contribution in [0, 0.1) is 11.8 Å². The van der Waals surface area contributed by atoms with Crippen molar-refractivity contribution in [1.29, 1.82) is 0 Å². The first-order chi connectivity index (χ1) is 9.40. The molecular weight excluding hydrogens is 258 g/mol. The highest BCUT2D eigenvalue weighted by Crippen LogP contribution is 2.25. The van der Waals surface area contributed by atoms with Crippen molar-refractivity contribution in [2.24, 2.45) is 17.6 Å². The highest BCUT2D eigenvalue weighted by atomic mass is 16.5. The second-order valence-electron chi connectivity index (χ2n) is 5.81. The summed E-state index contributed by atoms with van der Waals surface area (Å²) in [5.74, 6) is 0.334. The van der Waals surface area contributed by atoms with Gasteiger partial charge in [-0.2, -0.15) is 0 Å². The zero-order valence-electron chi connectivity index (χ0n) is 12.9. The van der Waals surface area contributed by atoms with Gasteiger partial charge < -0.3 is 20.7 Å². The summed E-state index contributed by atoms with van der Waals surface area (Å²) >= 11 is 0. The van der Waals surface area contributed by atoms with Crippen molar-refractivity contribution >= 4 is 12.0 Å². The molecule has 6 heteroatoms. The van der Waals surface area contributed by atoms with Gasteiger partial charge in [0.1, 0.15) is 6.04 Å². The average Bonchev–Trinajstić information content (AvgIpc) is 2.76. The lowest BCUT2D eigenvalue weighted by Gasteiger charge is -2.29. The van der Waals surface area contributed by atoms with E-state index in [9.17, 15) is 9.59 Å². The van der Waals surface area contributed by atoms with E-state index in [1.54, 1.807) is 4.90 Å². The summed E-state index contributed by atoms with van der Waals surface area (Å²) in [6, 6.07) is -0.589. The molecule has 3 N–H and O–H groups in total. The number of nitrogens with two attached hydrogens (primary N) is 1. The van der Waals surface area contributed by atoms with Gasteiger partial charge in [0.2, 0.25) is 5.91 Å². The van der Waals surface area contributed by atoms with Gasteiger partial charge in [-0.05, 0) is 24.7 Å². The van der Waals surface area contributed by atoms with Gasteiger partial charge in [0.15, 0.2) is 0 Å². The van der Waals surface area contributed by atoms with Crippen molar-refractivity contribution in [2.75, 3.05) is 13.7 Å². The van der Waals surface area contributed by atoms with Crippen LogP contribution in [0.25, 0.3) is 0 Å². The Balaban J connectivity index is 2.72. The second-order valence-corrected chi connectivity index (χ2v) is 5.81. The van der Waals surface area contributed by atoms with Gasteiger partial charge in [-0.3, -0.25) is 4.79 Å². The van der Waals surface area contributed by atoms with E-state index >= 15 is 0 Å². The molecule has 0 aromatic rings. The van der Waals surface area contributed by atoms with Crippen LogP contribution in [0.3, 0.4) is 0 Å². The summed E-state index contributed by atoms with van der Waals surface area (Å²) < 4.78 is 4.58. The highest BCUT2D eigenvalue weighted by molar-refractivity contribution is 5.86. The van der Waals surface area contributed by atoms with Crippen molar-refractivity contribution in [2.45, 2.75) is 52.2 Å². The fourth-order valence-corrected chi connectivity index (χ4v) is 2.71. The van der Waals surface area contributed by atoms with Gasteiger partial charge in [-0.25, -0.2) is 4.79 Å². The van der Waals surface area contributed by atoms with Gasteiger partial charge >= 0.3 is 6.09 Å². The molecule has 1 aliphatic rings. The molecular formula is C14H27N3O3. The average molecular weight is 285 g/mol. The smallest absolute Gasteiger partial charge is 0.407 e. The minimum atomic E-state index is -0.589. The molecule has 0 bridgehead atoms. The number of carbonyl (C=O) groups excluding carboxylic acids is 2. The van der Waals surface area contributed by atoms with Crippen LogP contribution in [0.5, 0.6) is 0 Å². The largest absolute Gasteiger partial charge is 0.453 e. The maximum Gasteiger partial charge on any atom is 0.407 e. The Morgan fingerprint density at radius 2 is 2.10 bits per heavy atom. The fraction of sp³-hybridized carbons (Fsp3) is 0.857.